The highest BCUT2D eigenvalue weighted by Gasteiger charge is 2.06. The number of fused-ring (bicyclic) bond motifs is 1. The van der Waals surface area contributed by atoms with Gasteiger partial charge in [0.1, 0.15) is 0 Å². The van der Waals surface area contributed by atoms with Crippen molar-refractivity contribution in [1.29, 1.82) is 0 Å². The molecule has 0 aliphatic carbocycles. The van der Waals surface area contributed by atoms with Crippen molar-refractivity contribution in [2.45, 2.75) is 13.8 Å². The van der Waals surface area contributed by atoms with Gasteiger partial charge in [-0.15, -0.1) is 0 Å². The molecule has 0 saturated heterocycles. The van der Waals surface area contributed by atoms with Crippen molar-refractivity contribution in [3.63, 3.8) is 0 Å². The van der Waals surface area contributed by atoms with Crippen molar-refractivity contribution >= 4 is 34.0 Å². The fourth-order valence-corrected chi connectivity index (χ4v) is 2.46. The zero-order valence-corrected chi connectivity index (χ0v) is 8.46. The quantitative estimate of drug-likeness (QED) is 0.629. The lowest BCUT2D eigenvalue weighted by Crippen LogP contribution is -1.75. The van der Waals surface area contributed by atoms with Crippen LogP contribution in [0.15, 0.2) is 12.1 Å². The Kier molecular flexibility index (Phi) is 1.81. The summed E-state index contributed by atoms with van der Waals surface area (Å²) in [5, 5.41) is 1.92. The van der Waals surface area contributed by atoms with E-state index >= 15 is 0 Å². The maximum atomic E-state index is 6.08. The molecule has 0 aliphatic heterocycles. The van der Waals surface area contributed by atoms with Crippen LogP contribution in [0.25, 0.3) is 10.9 Å². The van der Waals surface area contributed by atoms with E-state index in [2.05, 4.69) is 10.4 Å². The summed E-state index contributed by atoms with van der Waals surface area (Å²) in [5.74, 6) is 0. The predicted molar refractivity (Wildman–Crippen MR) is 54.1 cm³/mol. The van der Waals surface area contributed by atoms with Gasteiger partial charge in [0.2, 0.25) is 0 Å². The third-order valence-corrected chi connectivity index (χ3v) is 2.91. The number of hydrogen-bond donors (Lipinski definition) is 0. The lowest BCUT2D eigenvalue weighted by Gasteiger charge is -1.96. The van der Waals surface area contributed by atoms with Gasteiger partial charge in [0.15, 0.2) is 0 Å². The minimum absolute atomic E-state index is 0.816. The van der Waals surface area contributed by atoms with Crippen LogP contribution in [0.3, 0.4) is 0 Å². The van der Waals surface area contributed by atoms with E-state index in [-0.39, 0.29) is 0 Å². The first-order valence-corrected chi connectivity index (χ1v) is 4.86. The van der Waals surface area contributed by atoms with E-state index in [1.165, 1.54) is 16.4 Å². The highest BCUT2D eigenvalue weighted by Crippen LogP contribution is 2.29. The van der Waals surface area contributed by atoms with Gasteiger partial charge >= 0.3 is 0 Å². The molecule has 0 amide bonds. The Morgan fingerprint density at radius 1 is 1.33 bits per heavy atom. The molecule has 0 radical (unpaired) electrons. The molecule has 0 bridgehead atoms. The van der Waals surface area contributed by atoms with Crippen LogP contribution in [-0.4, -0.2) is 4.37 Å². The maximum Gasteiger partial charge on any atom is 0.0861 e. The third kappa shape index (κ3) is 1.11. The minimum Gasteiger partial charge on any atom is -0.192 e. The number of rotatable bonds is 0. The molecule has 1 nitrogen and oxygen atoms in total. The topological polar surface area (TPSA) is 12.9 Å². The number of halogens is 1. The smallest absolute Gasteiger partial charge is 0.0861 e. The van der Waals surface area contributed by atoms with Gasteiger partial charge in [-0.05, 0) is 43.1 Å². The molecule has 1 aromatic heterocycles. The van der Waals surface area contributed by atoms with Gasteiger partial charge in [0, 0.05) is 10.3 Å². The van der Waals surface area contributed by atoms with Gasteiger partial charge in [-0.2, -0.15) is 4.37 Å². The van der Waals surface area contributed by atoms with E-state index in [1.807, 2.05) is 19.9 Å². The van der Waals surface area contributed by atoms with Crippen LogP contribution in [0.5, 0.6) is 0 Å². The summed E-state index contributed by atoms with van der Waals surface area (Å²) >= 11 is 7.58. The molecule has 12 heavy (non-hydrogen) atoms. The molecule has 1 heterocycles. The van der Waals surface area contributed by atoms with Crippen molar-refractivity contribution in [3.8, 4) is 0 Å². The highest BCUT2D eigenvalue weighted by atomic mass is 35.5. The Labute approximate surface area is 80.1 Å². The average molecular weight is 198 g/mol. The second-order valence-electron chi connectivity index (χ2n) is 2.88. The summed E-state index contributed by atoms with van der Waals surface area (Å²) in [6, 6.07) is 4.04. The molecule has 3 heteroatoms. The van der Waals surface area contributed by atoms with Crippen LogP contribution in [0.1, 0.15) is 10.4 Å². The molecular weight excluding hydrogens is 190 g/mol. The van der Waals surface area contributed by atoms with Gasteiger partial charge in [-0.1, -0.05) is 11.6 Å². The monoisotopic (exact) mass is 197 g/mol. The molecule has 62 valence electrons. The lowest BCUT2D eigenvalue weighted by molar-refractivity contribution is 1.49. The Balaban J connectivity index is 2.93. The molecule has 0 N–H and O–H groups in total. The molecule has 2 rings (SSSR count). The molecule has 0 unspecified atom stereocenters. The molecule has 0 aliphatic rings. The van der Waals surface area contributed by atoms with Gasteiger partial charge in [0.05, 0.1) is 10.5 Å². The molecule has 0 fully saturated rings. The number of aryl methyl sites for hydroxylation is 2. The second kappa shape index (κ2) is 2.71. The fourth-order valence-electron chi connectivity index (χ4n) is 1.31. The van der Waals surface area contributed by atoms with Crippen LogP contribution >= 0.6 is 23.1 Å². The van der Waals surface area contributed by atoms with Crippen LogP contribution in [0.2, 0.25) is 5.02 Å². The summed E-state index contributed by atoms with van der Waals surface area (Å²) in [7, 11) is 0. The van der Waals surface area contributed by atoms with Crippen LogP contribution < -0.4 is 0 Å². The van der Waals surface area contributed by atoms with E-state index in [9.17, 15) is 0 Å². The number of nitrogens with zero attached hydrogens (tertiary/aromatic N) is 1. The molecular formula is C9H8ClNS. The normalized spacial score (nSPS) is 10.9. The van der Waals surface area contributed by atoms with Crippen molar-refractivity contribution < 1.29 is 0 Å². The van der Waals surface area contributed by atoms with E-state index in [1.54, 1.807) is 0 Å². The zero-order valence-electron chi connectivity index (χ0n) is 6.89. The summed E-state index contributed by atoms with van der Waals surface area (Å²) < 4.78 is 4.30. The maximum absolute atomic E-state index is 6.08. The van der Waals surface area contributed by atoms with Crippen LogP contribution in [-0.2, 0) is 0 Å². The predicted octanol–water partition coefficient (Wildman–Crippen LogP) is 3.57. The van der Waals surface area contributed by atoms with Crippen molar-refractivity contribution in [1.82, 2.24) is 4.37 Å². The van der Waals surface area contributed by atoms with Crippen molar-refractivity contribution in [2.24, 2.45) is 0 Å². The van der Waals surface area contributed by atoms with E-state index in [4.69, 9.17) is 11.6 Å². The zero-order chi connectivity index (χ0) is 8.72. The Morgan fingerprint density at radius 3 is 2.83 bits per heavy atom. The Bertz CT molecular complexity index is 433. The Hall–Kier alpha value is -0.600. The van der Waals surface area contributed by atoms with E-state index < -0.39 is 0 Å². The molecule has 1 aromatic carbocycles. The first-order chi connectivity index (χ1) is 5.68. The molecule has 0 atom stereocenters. The summed E-state index contributed by atoms with van der Waals surface area (Å²) in [4.78, 5) is 1.19. The average Bonchev–Trinajstić information content (AvgIpc) is 2.31. The van der Waals surface area contributed by atoms with Gasteiger partial charge in [0.25, 0.3) is 0 Å². The van der Waals surface area contributed by atoms with E-state index in [0.29, 0.717) is 0 Å². The summed E-state index contributed by atoms with van der Waals surface area (Å²) in [6.45, 7) is 4.07. The van der Waals surface area contributed by atoms with Crippen LogP contribution in [0.4, 0.5) is 0 Å². The molecule has 2 aromatic rings. The fraction of sp³-hybridized carbons (Fsp3) is 0.222. The van der Waals surface area contributed by atoms with E-state index in [0.717, 1.165) is 21.5 Å². The SMILES string of the molecule is Cc1cc(Cl)c2c(C)snc2c1. The Morgan fingerprint density at radius 2 is 2.08 bits per heavy atom. The number of aromatic nitrogens is 1. The van der Waals surface area contributed by atoms with Gasteiger partial charge in [-0.25, -0.2) is 0 Å². The minimum atomic E-state index is 0.816. The van der Waals surface area contributed by atoms with Gasteiger partial charge < -0.3 is 0 Å². The van der Waals surface area contributed by atoms with Crippen molar-refractivity contribution in [2.75, 3.05) is 0 Å². The van der Waals surface area contributed by atoms with Gasteiger partial charge in [-0.3, -0.25) is 0 Å². The number of hydrogen-bond acceptors (Lipinski definition) is 2. The standard InChI is InChI=1S/C9H8ClNS/c1-5-3-7(10)9-6(2)12-11-8(9)4-5/h3-4H,1-2H3. The summed E-state index contributed by atoms with van der Waals surface area (Å²) in [6.07, 6.45) is 0. The van der Waals surface area contributed by atoms with Crippen LogP contribution in [0, 0.1) is 13.8 Å². The largest absolute Gasteiger partial charge is 0.192 e. The first-order valence-electron chi connectivity index (χ1n) is 3.70. The number of benzene rings is 1. The second-order valence-corrected chi connectivity index (χ2v) is 4.26. The molecule has 0 saturated carbocycles. The van der Waals surface area contributed by atoms with Crippen molar-refractivity contribution in [3.05, 3.63) is 27.6 Å². The highest BCUT2D eigenvalue weighted by molar-refractivity contribution is 7.07. The first kappa shape index (κ1) is 8.02. The molecule has 0 spiro atoms. The summed E-state index contributed by atoms with van der Waals surface area (Å²) in [5.41, 5.74) is 2.18. The lowest BCUT2D eigenvalue weighted by atomic mass is 10.1. The third-order valence-electron chi connectivity index (χ3n) is 1.85.